The summed E-state index contributed by atoms with van der Waals surface area (Å²) in [6.45, 7) is 4.56. The molecule has 0 aliphatic carbocycles. The highest BCUT2D eigenvalue weighted by atomic mass is 16.3. The van der Waals surface area contributed by atoms with Gasteiger partial charge in [-0.3, -0.25) is 9.69 Å². The summed E-state index contributed by atoms with van der Waals surface area (Å²) in [6.07, 6.45) is 1.61. The molecule has 0 aromatic heterocycles. The second-order valence-electron chi connectivity index (χ2n) is 3.48. The Morgan fingerprint density at radius 1 is 1.69 bits per heavy atom. The van der Waals surface area contributed by atoms with E-state index in [2.05, 4.69) is 5.32 Å². The number of carbonyl (C=O) groups is 1. The predicted octanol–water partition coefficient (Wildman–Crippen LogP) is -0.421. The lowest BCUT2D eigenvalue weighted by Gasteiger charge is -2.29. The SMILES string of the molecule is CCNC(=O)CN1CCCC(O)C1. The zero-order valence-electron chi connectivity index (χ0n) is 8.12. The fourth-order valence-corrected chi connectivity index (χ4v) is 1.63. The number of amides is 1. The standard InChI is InChI=1S/C9H18N2O2/c1-2-10-9(13)7-11-5-3-4-8(12)6-11/h8,12H,2-7H2,1H3,(H,10,13). The number of carbonyl (C=O) groups excluding carboxylic acids is 1. The topological polar surface area (TPSA) is 52.6 Å². The summed E-state index contributed by atoms with van der Waals surface area (Å²) in [5, 5.41) is 12.1. The van der Waals surface area contributed by atoms with Gasteiger partial charge in [0.2, 0.25) is 5.91 Å². The largest absolute Gasteiger partial charge is 0.392 e. The predicted molar refractivity (Wildman–Crippen MR) is 50.4 cm³/mol. The first kappa shape index (κ1) is 10.5. The van der Waals surface area contributed by atoms with Crippen molar-refractivity contribution in [2.75, 3.05) is 26.2 Å². The summed E-state index contributed by atoms with van der Waals surface area (Å²) in [5.74, 6) is 0.0524. The number of hydrogen-bond donors (Lipinski definition) is 2. The molecule has 0 aromatic carbocycles. The number of nitrogens with one attached hydrogen (secondary N) is 1. The third-order valence-electron chi connectivity index (χ3n) is 2.22. The van der Waals surface area contributed by atoms with Crippen LogP contribution in [0.3, 0.4) is 0 Å². The number of piperidine rings is 1. The minimum Gasteiger partial charge on any atom is -0.392 e. The molecule has 1 aliphatic rings. The number of aliphatic hydroxyl groups is 1. The smallest absolute Gasteiger partial charge is 0.234 e. The van der Waals surface area contributed by atoms with Crippen molar-refractivity contribution in [1.29, 1.82) is 0 Å². The first-order chi connectivity index (χ1) is 6.22. The van der Waals surface area contributed by atoms with E-state index in [0.717, 1.165) is 19.4 Å². The summed E-state index contributed by atoms with van der Waals surface area (Å²) in [6, 6.07) is 0. The lowest BCUT2D eigenvalue weighted by Crippen LogP contribution is -2.44. The molecule has 0 spiro atoms. The maximum absolute atomic E-state index is 11.2. The molecule has 1 aliphatic heterocycles. The van der Waals surface area contributed by atoms with E-state index < -0.39 is 0 Å². The minimum absolute atomic E-state index is 0.0524. The Kier molecular flexibility index (Phi) is 4.18. The second kappa shape index (κ2) is 5.19. The highest BCUT2D eigenvalue weighted by Crippen LogP contribution is 2.08. The number of aliphatic hydroxyl groups excluding tert-OH is 1. The van der Waals surface area contributed by atoms with Gasteiger partial charge < -0.3 is 10.4 Å². The molecular formula is C9H18N2O2. The summed E-state index contributed by atoms with van der Waals surface area (Å²) in [5.41, 5.74) is 0. The molecule has 13 heavy (non-hydrogen) atoms. The molecule has 1 rings (SSSR count). The average molecular weight is 186 g/mol. The molecular weight excluding hydrogens is 168 g/mol. The van der Waals surface area contributed by atoms with Gasteiger partial charge >= 0.3 is 0 Å². The number of β-amino-alcohol motifs (C(OH)–C–C–N with tert-alkyl or cyclic N) is 1. The van der Waals surface area contributed by atoms with Crippen molar-refractivity contribution < 1.29 is 9.90 Å². The Morgan fingerprint density at radius 3 is 3.08 bits per heavy atom. The molecule has 1 unspecified atom stereocenters. The number of likely N-dealkylation sites (N-methyl/N-ethyl adjacent to an activating group) is 1. The molecule has 1 atom stereocenters. The van der Waals surface area contributed by atoms with Crippen LogP contribution in [-0.2, 0) is 4.79 Å². The van der Waals surface area contributed by atoms with E-state index in [4.69, 9.17) is 0 Å². The summed E-state index contributed by atoms with van der Waals surface area (Å²) in [4.78, 5) is 13.2. The van der Waals surface area contributed by atoms with Crippen molar-refractivity contribution in [3.63, 3.8) is 0 Å². The maximum Gasteiger partial charge on any atom is 0.234 e. The quantitative estimate of drug-likeness (QED) is 0.629. The van der Waals surface area contributed by atoms with E-state index in [9.17, 15) is 9.90 Å². The van der Waals surface area contributed by atoms with Crippen LogP contribution in [0.2, 0.25) is 0 Å². The van der Waals surface area contributed by atoms with Crippen molar-refractivity contribution in [3.05, 3.63) is 0 Å². The zero-order valence-corrected chi connectivity index (χ0v) is 8.12. The van der Waals surface area contributed by atoms with Gasteiger partial charge in [0.1, 0.15) is 0 Å². The molecule has 0 aromatic rings. The molecule has 1 amide bonds. The number of rotatable bonds is 3. The zero-order chi connectivity index (χ0) is 9.68. The van der Waals surface area contributed by atoms with Gasteiger partial charge in [-0.25, -0.2) is 0 Å². The molecule has 0 bridgehead atoms. The summed E-state index contributed by atoms with van der Waals surface area (Å²) >= 11 is 0. The van der Waals surface area contributed by atoms with Gasteiger partial charge in [0.05, 0.1) is 12.6 Å². The molecule has 4 nitrogen and oxygen atoms in total. The summed E-state index contributed by atoms with van der Waals surface area (Å²) in [7, 11) is 0. The summed E-state index contributed by atoms with van der Waals surface area (Å²) < 4.78 is 0. The van der Waals surface area contributed by atoms with Crippen LogP contribution >= 0.6 is 0 Å². The van der Waals surface area contributed by atoms with Crippen LogP contribution in [0, 0.1) is 0 Å². The molecule has 2 N–H and O–H groups in total. The Bertz CT molecular complexity index is 173. The molecule has 76 valence electrons. The normalized spacial score (nSPS) is 24.3. The minimum atomic E-state index is -0.247. The van der Waals surface area contributed by atoms with Crippen LogP contribution in [0.15, 0.2) is 0 Å². The van der Waals surface area contributed by atoms with E-state index in [1.165, 1.54) is 0 Å². The van der Waals surface area contributed by atoms with Gasteiger partial charge in [0.15, 0.2) is 0 Å². The fraction of sp³-hybridized carbons (Fsp3) is 0.889. The monoisotopic (exact) mass is 186 g/mol. The van der Waals surface area contributed by atoms with Crippen molar-refractivity contribution in [1.82, 2.24) is 10.2 Å². The van der Waals surface area contributed by atoms with Crippen LogP contribution in [0.5, 0.6) is 0 Å². The third-order valence-corrected chi connectivity index (χ3v) is 2.22. The van der Waals surface area contributed by atoms with E-state index in [0.29, 0.717) is 19.6 Å². The molecule has 4 heteroatoms. The van der Waals surface area contributed by atoms with Gasteiger partial charge in [-0.15, -0.1) is 0 Å². The number of hydrogen-bond acceptors (Lipinski definition) is 3. The molecule has 1 saturated heterocycles. The van der Waals surface area contributed by atoms with Crippen LogP contribution in [-0.4, -0.2) is 48.2 Å². The van der Waals surface area contributed by atoms with E-state index >= 15 is 0 Å². The number of nitrogens with zero attached hydrogens (tertiary/aromatic N) is 1. The average Bonchev–Trinajstić information content (AvgIpc) is 2.04. The van der Waals surface area contributed by atoms with Gasteiger partial charge in [-0.2, -0.15) is 0 Å². The van der Waals surface area contributed by atoms with E-state index in [1.54, 1.807) is 0 Å². The lowest BCUT2D eigenvalue weighted by molar-refractivity contribution is -0.122. The van der Waals surface area contributed by atoms with Crippen molar-refractivity contribution in [3.8, 4) is 0 Å². The van der Waals surface area contributed by atoms with E-state index in [1.807, 2.05) is 11.8 Å². The Hall–Kier alpha value is -0.610. The van der Waals surface area contributed by atoms with E-state index in [-0.39, 0.29) is 12.0 Å². The van der Waals surface area contributed by atoms with Gasteiger partial charge in [-0.05, 0) is 26.3 Å². The second-order valence-corrected chi connectivity index (χ2v) is 3.48. The van der Waals surface area contributed by atoms with Gasteiger partial charge in [0, 0.05) is 13.1 Å². The molecule has 0 saturated carbocycles. The molecule has 1 heterocycles. The Morgan fingerprint density at radius 2 is 2.46 bits per heavy atom. The first-order valence-corrected chi connectivity index (χ1v) is 4.89. The van der Waals surface area contributed by atoms with Crippen LogP contribution in [0.4, 0.5) is 0 Å². The highest BCUT2D eigenvalue weighted by Gasteiger charge is 2.18. The Balaban J connectivity index is 2.23. The van der Waals surface area contributed by atoms with Gasteiger partial charge in [0.25, 0.3) is 0 Å². The maximum atomic E-state index is 11.2. The third kappa shape index (κ3) is 3.74. The highest BCUT2D eigenvalue weighted by molar-refractivity contribution is 5.77. The van der Waals surface area contributed by atoms with Crippen molar-refractivity contribution >= 4 is 5.91 Å². The van der Waals surface area contributed by atoms with Crippen LogP contribution in [0.25, 0.3) is 0 Å². The van der Waals surface area contributed by atoms with Crippen molar-refractivity contribution in [2.24, 2.45) is 0 Å². The lowest BCUT2D eigenvalue weighted by atomic mass is 10.1. The fourth-order valence-electron chi connectivity index (χ4n) is 1.63. The molecule has 0 radical (unpaired) electrons. The number of likely N-dealkylation sites (tertiary alicyclic amines) is 1. The van der Waals surface area contributed by atoms with Crippen molar-refractivity contribution in [2.45, 2.75) is 25.9 Å². The van der Waals surface area contributed by atoms with Crippen LogP contribution in [0.1, 0.15) is 19.8 Å². The van der Waals surface area contributed by atoms with Crippen LogP contribution < -0.4 is 5.32 Å². The Labute approximate surface area is 78.9 Å². The first-order valence-electron chi connectivity index (χ1n) is 4.89. The molecule has 1 fully saturated rings. The van der Waals surface area contributed by atoms with Gasteiger partial charge in [-0.1, -0.05) is 0 Å².